The van der Waals surface area contributed by atoms with E-state index < -0.39 is 0 Å². The normalized spacial score (nSPS) is 11.0. The van der Waals surface area contributed by atoms with Crippen molar-refractivity contribution >= 4 is 44.7 Å². The number of nitrogens with zero attached hydrogens (tertiary/aromatic N) is 1. The first-order valence-electron chi connectivity index (χ1n) is 8.30. The molecule has 4 aromatic rings. The standard InChI is InChI=1S/C21H17ClN2OS/c1-14-7-8-16(22)11-17(14)23-21(25)19-12-20-18(9-10-26-20)24(19)13-15-5-3-2-4-6-15/h2-12H,13H2,1H3,(H,23,25). The second-order valence-electron chi connectivity index (χ2n) is 6.18. The van der Waals surface area contributed by atoms with Gasteiger partial charge in [0.25, 0.3) is 5.91 Å². The van der Waals surface area contributed by atoms with Gasteiger partial charge in [-0.25, -0.2) is 0 Å². The molecule has 2 aromatic heterocycles. The minimum absolute atomic E-state index is 0.130. The number of thiophene rings is 1. The van der Waals surface area contributed by atoms with Gasteiger partial charge in [-0.1, -0.05) is 48.0 Å². The predicted molar refractivity (Wildman–Crippen MR) is 110 cm³/mol. The second-order valence-corrected chi connectivity index (χ2v) is 7.57. The zero-order valence-electron chi connectivity index (χ0n) is 14.2. The van der Waals surface area contributed by atoms with Gasteiger partial charge in [0.15, 0.2) is 0 Å². The number of hydrogen-bond acceptors (Lipinski definition) is 2. The molecular weight excluding hydrogens is 364 g/mol. The molecule has 3 nitrogen and oxygen atoms in total. The van der Waals surface area contributed by atoms with Crippen molar-refractivity contribution in [1.29, 1.82) is 0 Å². The van der Waals surface area contributed by atoms with Crippen molar-refractivity contribution in [3.63, 3.8) is 0 Å². The number of amides is 1. The van der Waals surface area contributed by atoms with Gasteiger partial charge in [0.2, 0.25) is 0 Å². The number of benzene rings is 2. The fourth-order valence-corrected chi connectivity index (χ4v) is 4.01. The maximum absolute atomic E-state index is 13.0. The number of fused-ring (bicyclic) bond motifs is 1. The zero-order valence-corrected chi connectivity index (χ0v) is 15.8. The molecule has 0 aliphatic rings. The van der Waals surface area contributed by atoms with Gasteiger partial charge in [-0.2, -0.15) is 0 Å². The average Bonchev–Trinajstić information content (AvgIpc) is 3.22. The number of carbonyl (C=O) groups is 1. The van der Waals surface area contributed by atoms with E-state index in [2.05, 4.69) is 33.5 Å². The summed E-state index contributed by atoms with van der Waals surface area (Å²) in [4.78, 5) is 13.0. The van der Waals surface area contributed by atoms with Crippen LogP contribution in [0.25, 0.3) is 10.2 Å². The molecule has 1 N–H and O–H groups in total. The van der Waals surface area contributed by atoms with Crippen molar-refractivity contribution in [3.8, 4) is 0 Å². The molecule has 1 amide bonds. The maximum atomic E-state index is 13.0. The Bertz CT molecular complexity index is 1080. The molecule has 0 saturated heterocycles. The summed E-state index contributed by atoms with van der Waals surface area (Å²) in [7, 11) is 0. The zero-order chi connectivity index (χ0) is 18.1. The highest BCUT2D eigenvalue weighted by molar-refractivity contribution is 7.17. The van der Waals surface area contributed by atoms with Crippen LogP contribution in [0.1, 0.15) is 21.6 Å². The number of hydrogen-bond donors (Lipinski definition) is 1. The number of aromatic nitrogens is 1. The Balaban J connectivity index is 1.71. The minimum Gasteiger partial charge on any atom is -0.331 e. The average molecular weight is 381 g/mol. The molecule has 4 rings (SSSR count). The van der Waals surface area contributed by atoms with E-state index in [-0.39, 0.29) is 5.91 Å². The monoisotopic (exact) mass is 380 g/mol. The maximum Gasteiger partial charge on any atom is 0.272 e. The lowest BCUT2D eigenvalue weighted by Gasteiger charge is -2.12. The molecule has 0 spiro atoms. The highest BCUT2D eigenvalue weighted by atomic mass is 35.5. The smallest absolute Gasteiger partial charge is 0.272 e. The van der Waals surface area contributed by atoms with Crippen molar-refractivity contribution in [3.05, 3.63) is 87.9 Å². The number of halogens is 1. The number of nitrogens with one attached hydrogen (secondary N) is 1. The Morgan fingerprint density at radius 3 is 2.73 bits per heavy atom. The van der Waals surface area contributed by atoms with Crippen LogP contribution in [-0.4, -0.2) is 10.5 Å². The molecular formula is C21H17ClN2OS. The van der Waals surface area contributed by atoms with Crippen LogP contribution in [0.2, 0.25) is 5.02 Å². The van der Waals surface area contributed by atoms with E-state index in [1.807, 2.05) is 43.3 Å². The van der Waals surface area contributed by atoms with Gasteiger partial charge in [-0.15, -0.1) is 11.3 Å². The second kappa shape index (κ2) is 6.98. The topological polar surface area (TPSA) is 34.0 Å². The SMILES string of the molecule is Cc1ccc(Cl)cc1NC(=O)c1cc2sccc2n1Cc1ccccc1. The lowest BCUT2D eigenvalue weighted by Crippen LogP contribution is -2.18. The quantitative estimate of drug-likeness (QED) is 0.465. The minimum atomic E-state index is -0.130. The molecule has 0 saturated carbocycles. The summed E-state index contributed by atoms with van der Waals surface area (Å²) in [5.74, 6) is -0.130. The van der Waals surface area contributed by atoms with Gasteiger partial charge >= 0.3 is 0 Å². The fourth-order valence-electron chi connectivity index (χ4n) is 3.02. The summed E-state index contributed by atoms with van der Waals surface area (Å²) in [6.45, 7) is 2.60. The third-order valence-corrected chi connectivity index (χ3v) is 5.47. The number of aryl methyl sites for hydroxylation is 1. The first kappa shape index (κ1) is 16.9. The van der Waals surface area contributed by atoms with Crippen molar-refractivity contribution < 1.29 is 4.79 Å². The van der Waals surface area contributed by atoms with Crippen molar-refractivity contribution in [1.82, 2.24) is 4.57 Å². The summed E-state index contributed by atoms with van der Waals surface area (Å²) >= 11 is 7.72. The van der Waals surface area contributed by atoms with E-state index in [0.29, 0.717) is 17.3 Å². The van der Waals surface area contributed by atoms with Gasteiger partial charge in [0, 0.05) is 17.3 Å². The molecule has 0 atom stereocenters. The number of carbonyl (C=O) groups excluding carboxylic acids is 1. The van der Waals surface area contributed by atoms with Crippen LogP contribution in [-0.2, 0) is 6.54 Å². The van der Waals surface area contributed by atoms with Gasteiger partial charge in [-0.05, 0) is 47.7 Å². The lowest BCUT2D eigenvalue weighted by atomic mass is 10.2. The van der Waals surface area contributed by atoms with Crippen molar-refractivity contribution in [2.75, 3.05) is 5.32 Å². The molecule has 0 fully saturated rings. The summed E-state index contributed by atoms with van der Waals surface area (Å²) in [5.41, 5.74) is 4.59. The fraction of sp³-hybridized carbons (Fsp3) is 0.0952. The van der Waals surface area contributed by atoms with Crippen LogP contribution in [0.5, 0.6) is 0 Å². The summed E-state index contributed by atoms with van der Waals surface area (Å²) in [6, 6.07) is 19.7. The van der Waals surface area contributed by atoms with Crippen LogP contribution < -0.4 is 5.32 Å². The van der Waals surface area contributed by atoms with E-state index in [4.69, 9.17) is 11.6 Å². The molecule has 0 radical (unpaired) electrons. The lowest BCUT2D eigenvalue weighted by molar-refractivity contribution is 0.101. The molecule has 0 bridgehead atoms. The molecule has 130 valence electrons. The van der Waals surface area contributed by atoms with E-state index in [1.165, 1.54) is 0 Å². The van der Waals surface area contributed by atoms with E-state index in [1.54, 1.807) is 17.4 Å². The van der Waals surface area contributed by atoms with Crippen LogP contribution in [0.4, 0.5) is 5.69 Å². The van der Waals surface area contributed by atoms with Crippen molar-refractivity contribution in [2.24, 2.45) is 0 Å². The number of anilines is 1. The van der Waals surface area contributed by atoms with E-state index in [0.717, 1.165) is 27.0 Å². The van der Waals surface area contributed by atoms with Crippen LogP contribution in [0.3, 0.4) is 0 Å². The third kappa shape index (κ3) is 3.26. The van der Waals surface area contributed by atoms with Gasteiger partial charge in [0.05, 0.1) is 10.2 Å². The predicted octanol–water partition coefficient (Wildman–Crippen LogP) is 5.97. The Morgan fingerprint density at radius 2 is 1.92 bits per heavy atom. The molecule has 0 aliphatic heterocycles. The number of rotatable bonds is 4. The molecule has 2 heterocycles. The molecule has 26 heavy (non-hydrogen) atoms. The molecule has 0 aliphatic carbocycles. The summed E-state index contributed by atoms with van der Waals surface area (Å²) < 4.78 is 3.17. The van der Waals surface area contributed by atoms with Crippen LogP contribution in [0.15, 0.2) is 66.0 Å². The van der Waals surface area contributed by atoms with Crippen molar-refractivity contribution in [2.45, 2.75) is 13.5 Å². The molecule has 2 aromatic carbocycles. The van der Waals surface area contributed by atoms with Crippen LogP contribution >= 0.6 is 22.9 Å². The highest BCUT2D eigenvalue weighted by Gasteiger charge is 2.17. The third-order valence-electron chi connectivity index (χ3n) is 4.39. The van der Waals surface area contributed by atoms with E-state index in [9.17, 15) is 4.79 Å². The van der Waals surface area contributed by atoms with Gasteiger partial charge in [-0.3, -0.25) is 4.79 Å². The first-order chi connectivity index (χ1) is 12.6. The summed E-state index contributed by atoms with van der Waals surface area (Å²) in [5, 5.41) is 5.66. The van der Waals surface area contributed by atoms with E-state index >= 15 is 0 Å². The Morgan fingerprint density at radius 1 is 1.12 bits per heavy atom. The Labute approximate surface area is 160 Å². The molecule has 0 unspecified atom stereocenters. The highest BCUT2D eigenvalue weighted by Crippen LogP contribution is 2.28. The summed E-state index contributed by atoms with van der Waals surface area (Å²) in [6.07, 6.45) is 0. The Kier molecular flexibility index (Phi) is 4.53. The molecule has 5 heteroatoms. The van der Waals surface area contributed by atoms with Gasteiger partial charge in [0.1, 0.15) is 5.69 Å². The largest absolute Gasteiger partial charge is 0.331 e. The Hall–Kier alpha value is -2.56. The van der Waals surface area contributed by atoms with Crippen LogP contribution in [0, 0.1) is 6.92 Å². The first-order valence-corrected chi connectivity index (χ1v) is 9.56. The van der Waals surface area contributed by atoms with Gasteiger partial charge < -0.3 is 9.88 Å².